The van der Waals surface area contributed by atoms with Gasteiger partial charge in [0.1, 0.15) is 23.9 Å². The van der Waals surface area contributed by atoms with Gasteiger partial charge in [-0.1, -0.05) is 18.2 Å². The molecule has 0 fully saturated rings. The van der Waals surface area contributed by atoms with Crippen molar-refractivity contribution in [2.45, 2.75) is 19.8 Å². The lowest BCUT2D eigenvalue weighted by molar-refractivity contribution is -0.121. The van der Waals surface area contributed by atoms with Crippen molar-refractivity contribution in [1.82, 2.24) is 5.32 Å². The Labute approximate surface area is 184 Å². The third-order valence-corrected chi connectivity index (χ3v) is 5.51. The summed E-state index contributed by atoms with van der Waals surface area (Å²) in [6, 6.07) is 14.2. The highest BCUT2D eigenvalue weighted by molar-refractivity contribution is 7.92. The third kappa shape index (κ3) is 8.01. The molecule has 1 amide bonds. The number of nitrogens with zero attached hydrogens (tertiary/aromatic N) is 1. The van der Waals surface area contributed by atoms with E-state index in [4.69, 9.17) is 14.2 Å². The van der Waals surface area contributed by atoms with Crippen molar-refractivity contribution in [3.8, 4) is 17.2 Å². The number of benzene rings is 2. The molecule has 0 saturated carbocycles. The number of para-hydroxylation sites is 2. The van der Waals surface area contributed by atoms with Crippen LogP contribution in [0.25, 0.3) is 0 Å². The number of sulfonamides is 1. The van der Waals surface area contributed by atoms with Crippen LogP contribution in [0.15, 0.2) is 48.5 Å². The number of carbonyl (C=O) groups is 1. The van der Waals surface area contributed by atoms with E-state index in [1.165, 1.54) is 4.31 Å². The van der Waals surface area contributed by atoms with Crippen molar-refractivity contribution in [3.63, 3.8) is 0 Å². The standard InChI is InChI=1S/C22H30N2O6S/c1-4-29-21-12-6-5-11-20(21)24(31(3,26)27)15-8-13-22(25)23-14-16-30-19-10-7-9-18(17-19)28-2/h5-7,9-12,17H,4,8,13-16H2,1-3H3,(H,23,25). The van der Waals surface area contributed by atoms with Crippen molar-refractivity contribution < 1.29 is 27.4 Å². The molecule has 1 N–H and O–H groups in total. The van der Waals surface area contributed by atoms with Gasteiger partial charge < -0.3 is 19.5 Å². The lowest BCUT2D eigenvalue weighted by Crippen LogP contribution is -2.33. The predicted octanol–water partition coefficient (Wildman–Crippen LogP) is 2.84. The second-order valence-electron chi connectivity index (χ2n) is 6.72. The molecule has 0 saturated heterocycles. The summed E-state index contributed by atoms with van der Waals surface area (Å²) < 4.78 is 42.1. The van der Waals surface area contributed by atoms with Crippen molar-refractivity contribution in [1.29, 1.82) is 0 Å². The molecule has 0 aliphatic heterocycles. The monoisotopic (exact) mass is 450 g/mol. The first kappa shape index (κ1) is 24.3. The fourth-order valence-corrected chi connectivity index (χ4v) is 3.90. The van der Waals surface area contributed by atoms with Gasteiger partial charge in [-0.05, 0) is 37.6 Å². The maximum atomic E-state index is 12.3. The Morgan fingerprint density at radius 2 is 1.81 bits per heavy atom. The van der Waals surface area contributed by atoms with Gasteiger partial charge in [0.25, 0.3) is 0 Å². The molecule has 0 bridgehead atoms. The van der Waals surface area contributed by atoms with Crippen LogP contribution in [0.5, 0.6) is 17.2 Å². The second-order valence-corrected chi connectivity index (χ2v) is 8.62. The quantitative estimate of drug-likeness (QED) is 0.472. The normalized spacial score (nSPS) is 10.9. The summed E-state index contributed by atoms with van der Waals surface area (Å²) in [5.74, 6) is 1.68. The van der Waals surface area contributed by atoms with Crippen LogP contribution in [0, 0.1) is 0 Å². The van der Waals surface area contributed by atoms with E-state index < -0.39 is 10.0 Å². The van der Waals surface area contributed by atoms with Crippen molar-refractivity contribution >= 4 is 21.6 Å². The average molecular weight is 451 g/mol. The van der Waals surface area contributed by atoms with Gasteiger partial charge in [0.15, 0.2) is 0 Å². The van der Waals surface area contributed by atoms with Crippen LogP contribution in [0.3, 0.4) is 0 Å². The summed E-state index contributed by atoms with van der Waals surface area (Å²) in [4.78, 5) is 12.1. The van der Waals surface area contributed by atoms with Gasteiger partial charge >= 0.3 is 0 Å². The van der Waals surface area contributed by atoms with Gasteiger partial charge in [-0.15, -0.1) is 0 Å². The van der Waals surface area contributed by atoms with E-state index in [-0.39, 0.29) is 18.9 Å². The molecule has 0 heterocycles. The lowest BCUT2D eigenvalue weighted by atomic mass is 10.2. The van der Waals surface area contributed by atoms with Crippen molar-refractivity contribution in [2.24, 2.45) is 0 Å². The summed E-state index contributed by atoms with van der Waals surface area (Å²) in [5.41, 5.74) is 0.471. The first-order chi connectivity index (χ1) is 14.8. The number of anilines is 1. The Morgan fingerprint density at radius 1 is 1.06 bits per heavy atom. The highest BCUT2D eigenvalue weighted by Crippen LogP contribution is 2.30. The van der Waals surface area contributed by atoms with E-state index >= 15 is 0 Å². The minimum absolute atomic E-state index is 0.166. The summed E-state index contributed by atoms with van der Waals surface area (Å²) in [5, 5.41) is 2.78. The van der Waals surface area contributed by atoms with Crippen LogP contribution in [0.2, 0.25) is 0 Å². The summed E-state index contributed by atoms with van der Waals surface area (Å²) in [6.07, 6.45) is 1.71. The second kappa shape index (κ2) is 12.0. The van der Waals surface area contributed by atoms with E-state index in [2.05, 4.69) is 5.32 Å². The van der Waals surface area contributed by atoms with E-state index in [0.29, 0.717) is 49.1 Å². The van der Waals surface area contributed by atoms with Crippen LogP contribution < -0.4 is 23.8 Å². The first-order valence-corrected chi connectivity index (χ1v) is 11.9. The van der Waals surface area contributed by atoms with Crippen LogP contribution >= 0.6 is 0 Å². The van der Waals surface area contributed by atoms with Gasteiger partial charge in [0, 0.05) is 19.0 Å². The van der Waals surface area contributed by atoms with Gasteiger partial charge in [0.05, 0.1) is 32.2 Å². The Hall–Kier alpha value is -2.94. The van der Waals surface area contributed by atoms with Crippen molar-refractivity contribution in [3.05, 3.63) is 48.5 Å². The van der Waals surface area contributed by atoms with Crippen molar-refractivity contribution in [2.75, 3.05) is 44.0 Å². The number of amides is 1. The maximum Gasteiger partial charge on any atom is 0.232 e. The van der Waals surface area contributed by atoms with Gasteiger partial charge in [-0.3, -0.25) is 9.10 Å². The smallest absolute Gasteiger partial charge is 0.232 e. The third-order valence-electron chi connectivity index (χ3n) is 4.33. The van der Waals surface area contributed by atoms with Crippen LogP contribution in [-0.2, 0) is 14.8 Å². The minimum atomic E-state index is -3.52. The molecule has 0 atom stereocenters. The zero-order valence-electron chi connectivity index (χ0n) is 18.2. The number of hydrogen-bond donors (Lipinski definition) is 1. The summed E-state index contributed by atoms with van der Waals surface area (Å²) in [7, 11) is -1.94. The number of rotatable bonds is 13. The number of carbonyl (C=O) groups excluding carboxylic acids is 1. The summed E-state index contributed by atoms with van der Waals surface area (Å²) in [6.45, 7) is 3.10. The molecule has 2 rings (SSSR count). The van der Waals surface area contributed by atoms with E-state index in [9.17, 15) is 13.2 Å². The van der Waals surface area contributed by atoms with Crippen LogP contribution in [-0.4, -0.2) is 54.0 Å². The Balaban J connectivity index is 1.81. The molecule has 31 heavy (non-hydrogen) atoms. The molecule has 0 radical (unpaired) electrons. The Bertz CT molecular complexity index is 949. The molecule has 0 aliphatic rings. The number of nitrogens with one attached hydrogen (secondary N) is 1. The fourth-order valence-electron chi connectivity index (χ4n) is 2.93. The largest absolute Gasteiger partial charge is 0.497 e. The SMILES string of the molecule is CCOc1ccccc1N(CCCC(=O)NCCOc1cccc(OC)c1)S(C)(=O)=O. The molecule has 0 aromatic heterocycles. The zero-order valence-corrected chi connectivity index (χ0v) is 19.0. The Morgan fingerprint density at radius 3 is 2.52 bits per heavy atom. The predicted molar refractivity (Wildman–Crippen MR) is 121 cm³/mol. The molecule has 170 valence electrons. The fraction of sp³-hybridized carbons (Fsp3) is 0.409. The topological polar surface area (TPSA) is 94.2 Å². The minimum Gasteiger partial charge on any atom is -0.497 e. The number of ether oxygens (including phenoxy) is 3. The van der Waals surface area contributed by atoms with Crippen LogP contribution in [0.1, 0.15) is 19.8 Å². The molecule has 9 heteroatoms. The van der Waals surface area contributed by atoms with E-state index in [1.807, 2.05) is 25.1 Å². The molecule has 0 unspecified atom stereocenters. The molecule has 8 nitrogen and oxygen atoms in total. The Kier molecular flexibility index (Phi) is 9.45. The molecule has 0 spiro atoms. The van der Waals surface area contributed by atoms with Gasteiger partial charge in [0.2, 0.25) is 15.9 Å². The van der Waals surface area contributed by atoms with E-state index in [1.54, 1.807) is 37.4 Å². The number of methoxy groups -OCH3 is 1. The maximum absolute atomic E-state index is 12.3. The molecule has 2 aromatic carbocycles. The highest BCUT2D eigenvalue weighted by Gasteiger charge is 2.21. The van der Waals surface area contributed by atoms with E-state index in [0.717, 1.165) is 6.26 Å². The lowest BCUT2D eigenvalue weighted by Gasteiger charge is -2.24. The van der Waals surface area contributed by atoms with Crippen LogP contribution in [0.4, 0.5) is 5.69 Å². The number of hydrogen-bond acceptors (Lipinski definition) is 6. The molecular formula is C22H30N2O6S. The van der Waals surface area contributed by atoms with Gasteiger partial charge in [-0.2, -0.15) is 0 Å². The first-order valence-electron chi connectivity index (χ1n) is 10.1. The molecule has 2 aromatic rings. The highest BCUT2D eigenvalue weighted by atomic mass is 32.2. The average Bonchev–Trinajstić information content (AvgIpc) is 2.74. The van der Waals surface area contributed by atoms with Gasteiger partial charge in [-0.25, -0.2) is 8.42 Å². The zero-order chi connectivity index (χ0) is 22.7. The summed E-state index contributed by atoms with van der Waals surface area (Å²) >= 11 is 0. The molecule has 0 aliphatic carbocycles. The molecular weight excluding hydrogens is 420 g/mol.